The summed E-state index contributed by atoms with van der Waals surface area (Å²) in [6.07, 6.45) is 8.52. The average Bonchev–Trinajstić information content (AvgIpc) is 2.55. The fourth-order valence-corrected chi connectivity index (χ4v) is 25.6. The van der Waals surface area contributed by atoms with Crippen LogP contribution < -0.4 is 0 Å². The molecule has 0 fully saturated rings. The van der Waals surface area contributed by atoms with Crippen LogP contribution in [-0.2, 0) is 5.75 Å². The average molecular weight is 492 g/mol. The van der Waals surface area contributed by atoms with E-state index in [1.807, 2.05) is 0 Å². The second kappa shape index (κ2) is 12.2. The number of benzene rings is 1. The minimum absolute atomic E-state index is 1.19. The molecule has 0 bridgehead atoms. The molecule has 0 aromatic heterocycles. The molecule has 22 heavy (non-hydrogen) atoms. The SMILES string of the molecule is CCC[CH2][Sn]([CH2]CCC)([CH2]CCC)[S]Cc1ccc(Br)cc1. The van der Waals surface area contributed by atoms with Gasteiger partial charge in [-0.2, -0.15) is 0 Å². The first-order valence-electron chi connectivity index (χ1n) is 9.04. The molecule has 0 aliphatic carbocycles. The molecule has 1 aromatic carbocycles. The third-order valence-electron chi connectivity index (χ3n) is 4.42. The van der Waals surface area contributed by atoms with Crippen molar-refractivity contribution in [2.45, 2.75) is 78.4 Å². The fourth-order valence-electron chi connectivity index (χ4n) is 2.91. The van der Waals surface area contributed by atoms with E-state index < -0.39 is 17.0 Å². The Morgan fingerprint density at radius 3 is 1.68 bits per heavy atom. The summed E-state index contributed by atoms with van der Waals surface area (Å²) in [6.45, 7) is 7.07. The summed E-state index contributed by atoms with van der Waals surface area (Å²) in [6, 6.07) is 8.98. The van der Waals surface area contributed by atoms with Gasteiger partial charge in [0.15, 0.2) is 0 Å². The molecule has 1 rings (SSSR count). The molecular formula is C19H33BrSSn. The third kappa shape index (κ3) is 8.10. The summed E-state index contributed by atoms with van der Waals surface area (Å²) in [5.74, 6) is 1.25. The standard InChI is InChI=1S/C7H7BrS.3C4H9.Sn/c8-7-3-1-6(5-9)2-4-7;3*1-3-4-2;/h1-4,9H,5H2;3*1,3-4H2,2H3;/q;;;;+1/p-1. The molecule has 0 radical (unpaired) electrons. The van der Waals surface area contributed by atoms with E-state index >= 15 is 0 Å². The number of unbranched alkanes of at least 4 members (excludes halogenated alkanes) is 3. The van der Waals surface area contributed by atoms with E-state index in [0.717, 1.165) is 0 Å². The quantitative estimate of drug-likeness (QED) is 0.266. The summed E-state index contributed by atoms with van der Waals surface area (Å²) in [7, 11) is 2.44. The molecule has 0 aliphatic rings. The van der Waals surface area contributed by atoms with Crippen molar-refractivity contribution >= 4 is 41.9 Å². The predicted molar refractivity (Wildman–Crippen MR) is 110 cm³/mol. The van der Waals surface area contributed by atoms with Crippen LogP contribution in [0, 0.1) is 0 Å². The molecule has 126 valence electrons. The molecule has 0 saturated carbocycles. The Bertz CT molecular complexity index is 369. The van der Waals surface area contributed by atoms with Crippen molar-refractivity contribution in [3.8, 4) is 0 Å². The second-order valence-corrected chi connectivity index (χ2v) is 27.2. The van der Waals surface area contributed by atoms with Crippen LogP contribution in [0.5, 0.6) is 0 Å². The first-order chi connectivity index (χ1) is 10.7. The van der Waals surface area contributed by atoms with Gasteiger partial charge in [-0.3, -0.25) is 0 Å². The molecule has 0 atom stereocenters. The molecule has 0 aliphatic heterocycles. The summed E-state index contributed by atoms with van der Waals surface area (Å²) >= 11 is 1.55. The molecule has 0 nitrogen and oxygen atoms in total. The summed E-state index contributed by atoms with van der Waals surface area (Å²) in [5.41, 5.74) is 1.51. The van der Waals surface area contributed by atoms with Crippen LogP contribution in [0.3, 0.4) is 0 Å². The van der Waals surface area contributed by atoms with Gasteiger partial charge < -0.3 is 0 Å². The van der Waals surface area contributed by atoms with Crippen LogP contribution in [0.1, 0.15) is 64.9 Å². The fraction of sp³-hybridized carbons (Fsp3) is 0.684. The third-order valence-corrected chi connectivity index (χ3v) is 27.5. The van der Waals surface area contributed by atoms with Crippen LogP contribution >= 0.6 is 24.9 Å². The van der Waals surface area contributed by atoms with Crippen molar-refractivity contribution in [3.63, 3.8) is 0 Å². The summed E-state index contributed by atoms with van der Waals surface area (Å²) in [4.78, 5) is 0. The maximum absolute atomic E-state index is 3.54. The Hall–Kier alpha value is 0.849. The van der Waals surface area contributed by atoms with Crippen molar-refractivity contribution in [2.75, 3.05) is 0 Å². The van der Waals surface area contributed by atoms with Gasteiger partial charge in [-0.1, -0.05) is 0 Å². The maximum atomic E-state index is 3.54. The van der Waals surface area contributed by atoms with E-state index in [1.54, 1.807) is 13.3 Å². The monoisotopic (exact) mass is 492 g/mol. The van der Waals surface area contributed by atoms with E-state index in [-0.39, 0.29) is 0 Å². The van der Waals surface area contributed by atoms with E-state index in [4.69, 9.17) is 0 Å². The van der Waals surface area contributed by atoms with Gasteiger partial charge in [0.1, 0.15) is 0 Å². The van der Waals surface area contributed by atoms with Crippen molar-refractivity contribution < 1.29 is 0 Å². The van der Waals surface area contributed by atoms with Gasteiger partial charge in [-0.15, -0.1) is 0 Å². The summed E-state index contributed by atoms with van der Waals surface area (Å²) in [5, 5.41) is 0. The Balaban J connectivity index is 2.72. The van der Waals surface area contributed by atoms with Crippen LogP contribution in [0.2, 0.25) is 13.3 Å². The van der Waals surface area contributed by atoms with Gasteiger partial charge in [0, 0.05) is 0 Å². The molecule has 3 heteroatoms. The molecule has 0 saturated heterocycles. The Morgan fingerprint density at radius 2 is 1.27 bits per heavy atom. The first-order valence-corrected chi connectivity index (χ1v) is 20.4. The number of halogens is 1. The Morgan fingerprint density at radius 1 is 0.818 bits per heavy atom. The van der Waals surface area contributed by atoms with Gasteiger partial charge in [0.05, 0.1) is 0 Å². The number of rotatable bonds is 12. The molecule has 0 amide bonds. The van der Waals surface area contributed by atoms with Crippen LogP contribution in [0.4, 0.5) is 0 Å². The zero-order valence-corrected chi connectivity index (χ0v) is 19.9. The van der Waals surface area contributed by atoms with Gasteiger partial charge in [-0.25, -0.2) is 0 Å². The van der Waals surface area contributed by atoms with Crippen LogP contribution in [-0.4, -0.2) is 17.0 Å². The van der Waals surface area contributed by atoms with E-state index in [0.29, 0.717) is 0 Å². The summed E-state index contributed by atoms with van der Waals surface area (Å²) < 4.78 is 6.00. The van der Waals surface area contributed by atoms with Gasteiger partial charge in [0.2, 0.25) is 0 Å². The second-order valence-electron chi connectivity index (χ2n) is 6.41. The molecule has 0 unspecified atom stereocenters. The molecular weight excluding hydrogens is 459 g/mol. The predicted octanol–water partition coefficient (Wildman–Crippen LogP) is 8.03. The molecule has 0 heterocycles. The Kier molecular flexibility index (Phi) is 11.6. The van der Waals surface area contributed by atoms with E-state index in [9.17, 15) is 0 Å². The van der Waals surface area contributed by atoms with Crippen molar-refractivity contribution in [1.29, 1.82) is 0 Å². The van der Waals surface area contributed by atoms with E-state index in [2.05, 4.69) is 69.9 Å². The topological polar surface area (TPSA) is 0 Å². The molecule has 0 N–H and O–H groups in total. The number of hydrogen-bond acceptors (Lipinski definition) is 1. The minimum atomic E-state index is -2.00. The normalized spacial score (nSPS) is 11.8. The van der Waals surface area contributed by atoms with Gasteiger partial charge in [-0.05, 0) is 0 Å². The van der Waals surface area contributed by atoms with Crippen LogP contribution in [0.25, 0.3) is 0 Å². The zero-order chi connectivity index (χ0) is 16.3. The zero-order valence-electron chi connectivity index (χ0n) is 14.7. The van der Waals surface area contributed by atoms with E-state index in [1.165, 1.54) is 54.3 Å². The van der Waals surface area contributed by atoms with Crippen molar-refractivity contribution in [2.24, 2.45) is 0 Å². The van der Waals surface area contributed by atoms with Crippen LogP contribution in [0.15, 0.2) is 28.7 Å². The number of hydrogen-bond donors (Lipinski definition) is 0. The van der Waals surface area contributed by atoms with Crippen molar-refractivity contribution in [3.05, 3.63) is 34.3 Å². The molecule has 1 aromatic rings. The first kappa shape index (κ1) is 20.9. The van der Waals surface area contributed by atoms with Crippen molar-refractivity contribution in [1.82, 2.24) is 0 Å². The Labute approximate surface area is 153 Å². The van der Waals surface area contributed by atoms with Gasteiger partial charge in [0.25, 0.3) is 0 Å². The molecule has 0 spiro atoms. The van der Waals surface area contributed by atoms with Gasteiger partial charge >= 0.3 is 155 Å².